The largest absolute Gasteiger partial charge is 0.460 e. The van der Waals surface area contributed by atoms with Crippen molar-refractivity contribution in [2.24, 2.45) is 23.2 Å². The van der Waals surface area contributed by atoms with Crippen molar-refractivity contribution in [3.8, 4) is 5.75 Å². The summed E-state index contributed by atoms with van der Waals surface area (Å²) in [6.07, 6.45) is 8.00. The number of Topliss-reactive ketones (excluding diaryl/α,β-unsaturated/α-hetero) is 1. The van der Waals surface area contributed by atoms with E-state index in [1.807, 2.05) is 51.1 Å². The van der Waals surface area contributed by atoms with E-state index in [4.69, 9.17) is 9.47 Å². The van der Waals surface area contributed by atoms with Gasteiger partial charge >= 0.3 is 12.1 Å². The second kappa shape index (κ2) is 16.2. The number of amides is 3. The second-order valence-corrected chi connectivity index (χ2v) is 16.1. The molecule has 0 spiro atoms. The molecule has 1 aliphatic heterocycles. The van der Waals surface area contributed by atoms with Crippen LogP contribution in [0.5, 0.6) is 5.75 Å². The number of benzene rings is 2. The Morgan fingerprint density at radius 2 is 1.62 bits per heavy atom. The van der Waals surface area contributed by atoms with Crippen LogP contribution >= 0.6 is 0 Å². The van der Waals surface area contributed by atoms with E-state index in [1.165, 1.54) is 23.5 Å². The molecule has 0 unspecified atom stereocenters. The molecule has 278 valence electrons. The Kier molecular flexibility index (Phi) is 12.0. The highest BCUT2D eigenvalue weighted by Gasteiger charge is 2.45. The third-order valence-corrected chi connectivity index (χ3v) is 9.86. The van der Waals surface area contributed by atoms with Crippen LogP contribution < -0.4 is 15.4 Å². The number of ketones is 1. The van der Waals surface area contributed by atoms with E-state index in [0.717, 1.165) is 42.9 Å². The van der Waals surface area contributed by atoms with E-state index in [-0.39, 0.29) is 36.9 Å². The Balaban J connectivity index is 1.33. The topological polar surface area (TPSA) is 157 Å². The monoisotopic (exact) mass is 713 g/mol. The molecule has 12 heteroatoms. The molecule has 2 fully saturated rings. The van der Waals surface area contributed by atoms with Crippen molar-refractivity contribution in [3.63, 3.8) is 0 Å². The molecule has 1 saturated heterocycles. The first-order valence-electron chi connectivity index (χ1n) is 18.2. The van der Waals surface area contributed by atoms with Crippen molar-refractivity contribution in [2.75, 3.05) is 13.1 Å². The lowest BCUT2D eigenvalue weighted by molar-refractivity contribution is -0.160. The van der Waals surface area contributed by atoms with Gasteiger partial charge in [0.25, 0.3) is 5.91 Å². The number of aromatic nitrogens is 2. The van der Waals surface area contributed by atoms with E-state index in [2.05, 4.69) is 20.6 Å². The molecule has 3 aromatic rings. The van der Waals surface area contributed by atoms with Crippen LogP contribution in [0, 0.1) is 23.2 Å². The van der Waals surface area contributed by atoms with Crippen LogP contribution in [0.4, 0.5) is 4.79 Å². The Hall–Kier alpha value is -4.87. The maximum atomic E-state index is 14.2. The zero-order chi connectivity index (χ0) is 37.6. The van der Waals surface area contributed by atoms with Crippen LogP contribution in [0.1, 0.15) is 90.6 Å². The highest BCUT2D eigenvalue weighted by molar-refractivity contribution is 5.98. The maximum Gasteiger partial charge on any atom is 0.415 e. The van der Waals surface area contributed by atoms with Crippen LogP contribution in [0.25, 0.3) is 10.8 Å². The summed E-state index contributed by atoms with van der Waals surface area (Å²) in [5.74, 6) is -3.10. The van der Waals surface area contributed by atoms with Crippen LogP contribution in [-0.2, 0) is 19.1 Å². The first-order chi connectivity index (χ1) is 24.6. The van der Waals surface area contributed by atoms with E-state index in [1.54, 1.807) is 32.9 Å². The first-order valence-corrected chi connectivity index (χ1v) is 18.2. The number of carbonyl (C=O) groups is 5. The quantitative estimate of drug-likeness (QED) is 0.245. The van der Waals surface area contributed by atoms with Gasteiger partial charge in [0.15, 0.2) is 5.78 Å². The summed E-state index contributed by atoms with van der Waals surface area (Å²) in [4.78, 5) is 78.0. The fourth-order valence-electron chi connectivity index (χ4n) is 7.08. The molecule has 0 bridgehead atoms. The number of hydrogen-bond acceptors (Lipinski definition) is 9. The van der Waals surface area contributed by atoms with Crippen LogP contribution in [0.3, 0.4) is 0 Å². The van der Waals surface area contributed by atoms with Gasteiger partial charge in [0.1, 0.15) is 17.0 Å². The van der Waals surface area contributed by atoms with Crippen molar-refractivity contribution < 1.29 is 33.4 Å². The Labute approximate surface area is 305 Å². The standard InChI is InChI=1S/C40H51N5O7/c1-39(2,3)30(21-33(46)34(26-13-8-7-9-14-26)44-36(48)31-22-41-18-19-42-31)35(47)43-32-24-45(23-29(32)37(49)52-40(4,5)6)38(50)51-28-17-16-25-12-10-11-15-27(25)20-28/h10-12,15-20,22,26,29-30,32,34H,7-9,13-14,21,23-24H2,1-6H3,(H,43,47)(H,44,48)/t29-,30-,32+,34+/m1/s1. The summed E-state index contributed by atoms with van der Waals surface area (Å²) in [7, 11) is 0. The summed E-state index contributed by atoms with van der Waals surface area (Å²) in [5, 5.41) is 7.85. The number of carbonyl (C=O) groups excluding carboxylic acids is 5. The average molecular weight is 714 g/mol. The van der Waals surface area contributed by atoms with Crippen molar-refractivity contribution in [1.29, 1.82) is 0 Å². The minimum absolute atomic E-state index is 0.00570. The van der Waals surface area contributed by atoms with Gasteiger partial charge in [-0.2, -0.15) is 0 Å². The van der Waals surface area contributed by atoms with Crippen molar-refractivity contribution in [1.82, 2.24) is 25.5 Å². The molecule has 2 aliphatic rings. The predicted octanol–water partition coefficient (Wildman–Crippen LogP) is 5.89. The molecule has 1 aromatic heterocycles. The minimum atomic E-state index is -0.870. The molecule has 2 heterocycles. The minimum Gasteiger partial charge on any atom is -0.460 e. The smallest absolute Gasteiger partial charge is 0.415 e. The maximum absolute atomic E-state index is 14.2. The number of fused-ring (bicyclic) bond motifs is 1. The molecule has 52 heavy (non-hydrogen) atoms. The number of likely N-dealkylation sites (tertiary alicyclic amines) is 1. The Morgan fingerprint density at radius 3 is 2.27 bits per heavy atom. The number of esters is 1. The number of ether oxygens (including phenoxy) is 2. The molecule has 0 radical (unpaired) electrons. The van der Waals surface area contributed by atoms with Crippen LogP contribution in [0.15, 0.2) is 61.1 Å². The van der Waals surface area contributed by atoms with Crippen LogP contribution in [0.2, 0.25) is 0 Å². The average Bonchev–Trinajstić information content (AvgIpc) is 3.53. The molecular formula is C40H51N5O7. The summed E-state index contributed by atoms with van der Waals surface area (Å²) in [5.41, 5.74) is -1.35. The van der Waals surface area contributed by atoms with Crippen molar-refractivity contribution in [2.45, 2.75) is 97.8 Å². The third kappa shape index (κ3) is 9.92. The fourth-order valence-corrected chi connectivity index (χ4v) is 7.08. The molecule has 2 N–H and O–H groups in total. The zero-order valence-electron chi connectivity index (χ0n) is 31.0. The lowest BCUT2D eigenvalue weighted by Crippen LogP contribution is -2.51. The van der Waals surface area contributed by atoms with Gasteiger partial charge in [-0.15, -0.1) is 0 Å². The number of nitrogens with zero attached hydrogens (tertiary/aromatic N) is 3. The number of nitrogens with one attached hydrogen (secondary N) is 2. The summed E-state index contributed by atoms with van der Waals surface area (Å²) in [6, 6.07) is 11.5. The normalized spacial score (nSPS) is 19.4. The lowest BCUT2D eigenvalue weighted by atomic mass is 9.74. The van der Waals surface area contributed by atoms with Crippen molar-refractivity contribution in [3.05, 3.63) is 66.7 Å². The molecule has 4 atom stereocenters. The molecular weight excluding hydrogens is 662 g/mol. The summed E-state index contributed by atoms with van der Waals surface area (Å²) >= 11 is 0. The van der Waals surface area contributed by atoms with E-state index < -0.39 is 58.8 Å². The number of rotatable bonds is 10. The molecule has 5 rings (SSSR count). The highest BCUT2D eigenvalue weighted by Crippen LogP contribution is 2.34. The molecule has 2 aromatic carbocycles. The van der Waals surface area contributed by atoms with Gasteiger partial charge in [0, 0.05) is 37.8 Å². The second-order valence-electron chi connectivity index (χ2n) is 16.1. The summed E-state index contributed by atoms with van der Waals surface area (Å²) < 4.78 is 11.4. The van der Waals surface area contributed by atoms with Gasteiger partial charge < -0.3 is 25.0 Å². The van der Waals surface area contributed by atoms with E-state index in [9.17, 15) is 24.0 Å². The van der Waals surface area contributed by atoms with Gasteiger partial charge in [-0.25, -0.2) is 9.78 Å². The SMILES string of the molecule is CC(C)(C)OC(=O)[C@@H]1CN(C(=O)Oc2ccc3ccccc3c2)C[C@@H]1NC(=O)[C@@H](CC(=O)[C@@H](NC(=O)c1cnccn1)C1CCCCC1)C(C)(C)C. The van der Waals surface area contributed by atoms with Crippen molar-refractivity contribution >= 4 is 40.4 Å². The van der Waals surface area contributed by atoms with Crippen LogP contribution in [-0.4, -0.2) is 75.3 Å². The Bertz CT molecular complexity index is 1760. The summed E-state index contributed by atoms with van der Waals surface area (Å²) in [6.45, 7) is 10.9. The lowest BCUT2D eigenvalue weighted by Gasteiger charge is -2.34. The zero-order valence-corrected chi connectivity index (χ0v) is 31.0. The third-order valence-electron chi connectivity index (χ3n) is 9.86. The van der Waals surface area contributed by atoms with Gasteiger partial charge in [0.2, 0.25) is 5.91 Å². The highest BCUT2D eigenvalue weighted by atomic mass is 16.6. The van der Waals surface area contributed by atoms with E-state index >= 15 is 0 Å². The van der Waals surface area contributed by atoms with Gasteiger partial charge in [-0.3, -0.25) is 24.2 Å². The van der Waals surface area contributed by atoms with Gasteiger partial charge in [-0.1, -0.05) is 70.4 Å². The fraction of sp³-hybridized carbons (Fsp3) is 0.525. The van der Waals surface area contributed by atoms with E-state index in [0.29, 0.717) is 5.75 Å². The van der Waals surface area contributed by atoms with Gasteiger partial charge in [0.05, 0.1) is 24.2 Å². The Morgan fingerprint density at radius 1 is 0.904 bits per heavy atom. The predicted molar refractivity (Wildman–Crippen MR) is 195 cm³/mol. The first kappa shape index (κ1) is 38.4. The number of hydrogen-bond donors (Lipinski definition) is 2. The molecule has 1 aliphatic carbocycles. The molecule has 3 amide bonds. The molecule has 1 saturated carbocycles. The van der Waals surface area contributed by atoms with Gasteiger partial charge in [-0.05, 0) is 67.9 Å². The molecule has 12 nitrogen and oxygen atoms in total.